The molecule has 0 unspecified atom stereocenters. The van der Waals surface area contributed by atoms with Crippen molar-refractivity contribution >= 4 is 0 Å². The second-order valence-corrected chi connectivity index (χ2v) is 2.83. The zero-order valence-corrected chi connectivity index (χ0v) is 6.39. The molecule has 1 rings (SSSR count). The van der Waals surface area contributed by atoms with Crippen molar-refractivity contribution in [1.82, 2.24) is 0 Å². The van der Waals surface area contributed by atoms with Crippen LogP contribution >= 0.6 is 0 Å². The Morgan fingerprint density at radius 2 is 2.18 bits per heavy atom. The highest BCUT2D eigenvalue weighted by molar-refractivity contribution is 4.89. The molecule has 0 aliphatic heterocycles. The molecule has 2 nitrogen and oxygen atoms in total. The normalized spacial score (nSPS) is 36.0. The molecule has 0 radical (unpaired) electrons. The highest BCUT2D eigenvalue weighted by atomic mass is 19.3. The SMILES string of the molecule is CCO[C@H]1CC(F)(F)C[C@@H]1O. The monoisotopic (exact) mass is 166 g/mol. The second-order valence-electron chi connectivity index (χ2n) is 2.83. The summed E-state index contributed by atoms with van der Waals surface area (Å²) < 4.78 is 30.0. The van der Waals surface area contributed by atoms with Crippen molar-refractivity contribution < 1.29 is 18.6 Å². The highest BCUT2D eigenvalue weighted by Gasteiger charge is 2.46. The first-order valence-corrected chi connectivity index (χ1v) is 3.72. The Bertz CT molecular complexity index is 138. The van der Waals surface area contributed by atoms with E-state index >= 15 is 0 Å². The van der Waals surface area contributed by atoms with Crippen LogP contribution in [0, 0.1) is 0 Å². The van der Waals surface area contributed by atoms with Crippen LogP contribution in [0.1, 0.15) is 19.8 Å². The van der Waals surface area contributed by atoms with Gasteiger partial charge in [0.1, 0.15) is 0 Å². The lowest BCUT2D eigenvalue weighted by Gasteiger charge is -2.12. The summed E-state index contributed by atoms with van der Waals surface area (Å²) in [6, 6.07) is 0. The molecule has 0 aromatic heterocycles. The van der Waals surface area contributed by atoms with E-state index < -0.39 is 24.6 Å². The fourth-order valence-electron chi connectivity index (χ4n) is 1.34. The Balaban J connectivity index is 2.45. The van der Waals surface area contributed by atoms with E-state index in [4.69, 9.17) is 9.84 Å². The van der Waals surface area contributed by atoms with Gasteiger partial charge >= 0.3 is 0 Å². The van der Waals surface area contributed by atoms with Crippen LogP contribution in [0.25, 0.3) is 0 Å². The number of aliphatic hydroxyl groups excluding tert-OH is 1. The Kier molecular flexibility index (Phi) is 2.44. The lowest BCUT2D eigenvalue weighted by Crippen LogP contribution is -2.22. The quantitative estimate of drug-likeness (QED) is 0.667. The van der Waals surface area contributed by atoms with Crippen LogP contribution in [0.2, 0.25) is 0 Å². The Morgan fingerprint density at radius 1 is 1.55 bits per heavy atom. The molecule has 1 aliphatic rings. The average Bonchev–Trinajstić information content (AvgIpc) is 2.07. The van der Waals surface area contributed by atoms with Crippen molar-refractivity contribution in [1.29, 1.82) is 0 Å². The van der Waals surface area contributed by atoms with Gasteiger partial charge in [-0.25, -0.2) is 8.78 Å². The molecule has 0 saturated heterocycles. The smallest absolute Gasteiger partial charge is 0.253 e. The summed E-state index contributed by atoms with van der Waals surface area (Å²) in [5.41, 5.74) is 0. The summed E-state index contributed by atoms with van der Waals surface area (Å²) in [5.74, 6) is -2.74. The van der Waals surface area contributed by atoms with Crippen LogP contribution in [0.5, 0.6) is 0 Å². The predicted molar refractivity (Wildman–Crippen MR) is 35.6 cm³/mol. The number of rotatable bonds is 2. The standard InChI is InChI=1S/C7H12F2O2/c1-2-11-6-4-7(8,9)3-5(6)10/h5-6,10H,2-4H2,1H3/t5-,6-/m0/s1. The summed E-state index contributed by atoms with van der Waals surface area (Å²) in [6.07, 6.45) is -2.47. The Labute approximate surface area is 64.2 Å². The molecule has 1 fully saturated rings. The van der Waals surface area contributed by atoms with E-state index in [1.54, 1.807) is 6.92 Å². The first-order chi connectivity index (χ1) is 5.05. The highest BCUT2D eigenvalue weighted by Crippen LogP contribution is 2.36. The van der Waals surface area contributed by atoms with E-state index in [0.29, 0.717) is 6.61 Å². The topological polar surface area (TPSA) is 29.5 Å². The van der Waals surface area contributed by atoms with Gasteiger partial charge in [-0.2, -0.15) is 0 Å². The molecule has 1 saturated carbocycles. The summed E-state index contributed by atoms with van der Waals surface area (Å²) >= 11 is 0. The van der Waals surface area contributed by atoms with E-state index in [1.807, 2.05) is 0 Å². The van der Waals surface area contributed by atoms with Crippen LogP contribution in [-0.4, -0.2) is 29.8 Å². The van der Waals surface area contributed by atoms with Gasteiger partial charge in [0, 0.05) is 19.4 Å². The van der Waals surface area contributed by atoms with Crippen LogP contribution in [0.4, 0.5) is 8.78 Å². The van der Waals surface area contributed by atoms with E-state index in [1.165, 1.54) is 0 Å². The average molecular weight is 166 g/mol. The summed E-state index contributed by atoms with van der Waals surface area (Å²) in [5, 5.41) is 9.05. The minimum Gasteiger partial charge on any atom is -0.390 e. The number of alkyl halides is 2. The molecule has 1 N–H and O–H groups in total. The number of aliphatic hydroxyl groups is 1. The molecule has 0 aromatic carbocycles. The van der Waals surface area contributed by atoms with Crippen molar-refractivity contribution in [2.24, 2.45) is 0 Å². The van der Waals surface area contributed by atoms with Gasteiger partial charge in [-0.05, 0) is 6.92 Å². The van der Waals surface area contributed by atoms with Crippen LogP contribution < -0.4 is 0 Å². The van der Waals surface area contributed by atoms with Crippen molar-refractivity contribution in [3.8, 4) is 0 Å². The molecular formula is C7H12F2O2. The summed E-state index contributed by atoms with van der Waals surface area (Å²) in [6.45, 7) is 2.10. The third-order valence-electron chi connectivity index (χ3n) is 1.82. The minimum atomic E-state index is -2.74. The molecule has 2 atom stereocenters. The maximum absolute atomic E-state index is 12.5. The van der Waals surface area contributed by atoms with Gasteiger partial charge < -0.3 is 9.84 Å². The summed E-state index contributed by atoms with van der Waals surface area (Å²) in [4.78, 5) is 0. The van der Waals surface area contributed by atoms with Crippen molar-refractivity contribution in [2.75, 3.05) is 6.61 Å². The molecule has 0 heterocycles. The van der Waals surface area contributed by atoms with E-state index in [0.717, 1.165) is 0 Å². The third kappa shape index (κ3) is 2.10. The molecule has 0 amide bonds. The zero-order valence-electron chi connectivity index (χ0n) is 6.39. The van der Waals surface area contributed by atoms with Crippen LogP contribution in [0.3, 0.4) is 0 Å². The van der Waals surface area contributed by atoms with Gasteiger partial charge in [0.25, 0.3) is 5.92 Å². The van der Waals surface area contributed by atoms with E-state index in [-0.39, 0.29) is 6.42 Å². The lowest BCUT2D eigenvalue weighted by atomic mass is 10.3. The zero-order chi connectivity index (χ0) is 8.48. The number of ether oxygens (including phenoxy) is 1. The third-order valence-corrected chi connectivity index (χ3v) is 1.82. The molecule has 0 spiro atoms. The molecule has 66 valence electrons. The molecule has 1 aliphatic carbocycles. The van der Waals surface area contributed by atoms with Crippen molar-refractivity contribution in [2.45, 2.75) is 37.9 Å². The molecule has 4 heteroatoms. The van der Waals surface area contributed by atoms with Crippen molar-refractivity contribution in [3.05, 3.63) is 0 Å². The number of hydrogen-bond donors (Lipinski definition) is 1. The van der Waals surface area contributed by atoms with Gasteiger partial charge in [0.2, 0.25) is 0 Å². The van der Waals surface area contributed by atoms with Gasteiger partial charge in [0.05, 0.1) is 12.2 Å². The van der Waals surface area contributed by atoms with Gasteiger partial charge in [0.15, 0.2) is 0 Å². The van der Waals surface area contributed by atoms with Crippen molar-refractivity contribution in [3.63, 3.8) is 0 Å². The molecule has 0 bridgehead atoms. The number of hydrogen-bond acceptors (Lipinski definition) is 2. The second kappa shape index (κ2) is 3.03. The van der Waals surface area contributed by atoms with Gasteiger partial charge in [-0.15, -0.1) is 0 Å². The maximum Gasteiger partial charge on any atom is 0.253 e. The molecule has 0 aromatic rings. The van der Waals surface area contributed by atoms with E-state index in [9.17, 15) is 8.78 Å². The van der Waals surface area contributed by atoms with Crippen LogP contribution in [-0.2, 0) is 4.74 Å². The molecule has 11 heavy (non-hydrogen) atoms. The minimum absolute atomic E-state index is 0.345. The predicted octanol–water partition coefficient (Wildman–Crippen LogP) is 1.18. The first-order valence-electron chi connectivity index (χ1n) is 3.72. The lowest BCUT2D eigenvalue weighted by molar-refractivity contribution is -0.0223. The van der Waals surface area contributed by atoms with E-state index in [2.05, 4.69) is 0 Å². The van der Waals surface area contributed by atoms with Crippen LogP contribution in [0.15, 0.2) is 0 Å². The fourth-order valence-corrected chi connectivity index (χ4v) is 1.34. The molecular weight excluding hydrogens is 154 g/mol. The largest absolute Gasteiger partial charge is 0.390 e. The maximum atomic E-state index is 12.5. The van der Waals surface area contributed by atoms with Gasteiger partial charge in [-0.3, -0.25) is 0 Å². The Hall–Kier alpha value is -0.220. The van der Waals surface area contributed by atoms with Gasteiger partial charge in [-0.1, -0.05) is 0 Å². The number of halogens is 2. The summed E-state index contributed by atoms with van der Waals surface area (Å²) in [7, 11) is 0. The Morgan fingerprint density at radius 3 is 2.55 bits per heavy atom. The fraction of sp³-hybridized carbons (Fsp3) is 1.00. The first kappa shape index (κ1) is 8.87.